The van der Waals surface area contributed by atoms with Crippen molar-refractivity contribution in [1.82, 2.24) is 14.4 Å². The van der Waals surface area contributed by atoms with Crippen molar-refractivity contribution in [3.05, 3.63) is 46.8 Å². The molecule has 1 aromatic heterocycles. The van der Waals surface area contributed by atoms with E-state index in [2.05, 4.69) is 5.16 Å². The van der Waals surface area contributed by atoms with Gasteiger partial charge >= 0.3 is 0 Å². The van der Waals surface area contributed by atoms with Crippen molar-refractivity contribution in [1.29, 1.82) is 0 Å². The summed E-state index contributed by atoms with van der Waals surface area (Å²) in [5, 5.41) is 3.75. The molecule has 0 aliphatic carbocycles. The van der Waals surface area contributed by atoms with E-state index < -0.39 is 16.1 Å². The molecule has 0 fully saturated rings. The normalized spacial score (nSPS) is 18.0. The molecule has 1 amide bonds. The summed E-state index contributed by atoms with van der Waals surface area (Å²) in [6.07, 6.45) is 0.343. The van der Waals surface area contributed by atoms with E-state index in [1.54, 1.807) is 27.9 Å². The lowest BCUT2D eigenvalue weighted by molar-refractivity contribution is -0.133. The second-order valence-electron chi connectivity index (χ2n) is 6.42. The highest BCUT2D eigenvalue weighted by atomic mass is 32.2. The van der Waals surface area contributed by atoms with Crippen LogP contribution in [0, 0.1) is 13.8 Å². The van der Waals surface area contributed by atoms with Crippen LogP contribution in [0.5, 0.6) is 0 Å². The van der Waals surface area contributed by atoms with E-state index in [1.165, 1.54) is 9.21 Å². The minimum atomic E-state index is -3.92. The van der Waals surface area contributed by atoms with Gasteiger partial charge in [0.05, 0.1) is 0 Å². The van der Waals surface area contributed by atoms with Gasteiger partial charge in [0.25, 0.3) is 0 Å². The van der Waals surface area contributed by atoms with Crippen LogP contribution in [0.15, 0.2) is 33.7 Å². The molecular weight excluding hydrogens is 342 g/mol. The lowest BCUT2D eigenvalue weighted by Gasteiger charge is -2.36. The van der Waals surface area contributed by atoms with Gasteiger partial charge in [0.1, 0.15) is 16.6 Å². The van der Waals surface area contributed by atoms with Gasteiger partial charge in [0.15, 0.2) is 5.76 Å². The summed E-state index contributed by atoms with van der Waals surface area (Å²) in [6, 6.07) is 6.80. The van der Waals surface area contributed by atoms with Crippen LogP contribution in [0.25, 0.3) is 0 Å². The topological polar surface area (TPSA) is 83.7 Å². The number of amides is 1. The zero-order valence-electron chi connectivity index (χ0n) is 14.7. The SMILES string of the molecule is Cc1noc(C)c1S(=O)(=O)N1Cc2ccccc2C[C@H]1C(=O)N(C)C. The Hall–Kier alpha value is -2.19. The molecule has 0 radical (unpaired) electrons. The van der Waals surface area contributed by atoms with Crippen molar-refractivity contribution in [3.8, 4) is 0 Å². The Bertz CT molecular complexity index is 898. The number of hydrogen-bond acceptors (Lipinski definition) is 5. The quantitative estimate of drug-likeness (QED) is 0.825. The summed E-state index contributed by atoms with van der Waals surface area (Å²) < 4.78 is 32.9. The highest BCUT2D eigenvalue weighted by molar-refractivity contribution is 7.89. The molecule has 8 heteroatoms. The standard InChI is InChI=1S/C17H21N3O4S/c1-11-16(12(2)24-18-11)25(22,23)20-10-14-8-6-5-7-13(14)9-15(20)17(21)19(3)4/h5-8,15H,9-10H2,1-4H3/t15-/m0/s1. The van der Waals surface area contributed by atoms with Gasteiger partial charge in [-0.1, -0.05) is 29.4 Å². The predicted molar refractivity (Wildman–Crippen MR) is 91.3 cm³/mol. The van der Waals surface area contributed by atoms with Gasteiger partial charge in [-0.3, -0.25) is 4.79 Å². The van der Waals surface area contributed by atoms with E-state index in [9.17, 15) is 13.2 Å². The molecule has 2 heterocycles. The van der Waals surface area contributed by atoms with E-state index in [0.29, 0.717) is 12.1 Å². The molecule has 0 spiro atoms. The number of likely N-dealkylation sites (N-methyl/N-ethyl adjacent to an activating group) is 1. The van der Waals surface area contributed by atoms with E-state index in [0.717, 1.165) is 11.1 Å². The van der Waals surface area contributed by atoms with Crippen LogP contribution < -0.4 is 0 Å². The highest BCUT2D eigenvalue weighted by Crippen LogP contribution is 2.32. The zero-order valence-corrected chi connectivity index (χ0v) is 15.5. The molecule has 25 heavy (non-hydrogen) atoms. The smallest absolute Gasteiger partial charge is 0.249 e. The molecule has 0 saturated carbocycles. The van der Waals surface area contributed by atoms with Crippen molar-refractivity contribution >= 4 is 15.9 Å². The largest absolute Gasteiger partial charge is 0.360 e. The van der Waals surface area contributed by atoms with E-state index in [1.807, 2.05) is 24.3 Å². The van der Waals surface area contributed by atoms with Crippen LogP contribution >= 0.6 is 0 Å². The first-order valence-electron chi connectivity index (χ1n) is 7.96. The van der Waals surface area contributed by atoms with Crippen molar-refractivity contribution in [2.75, 3.05) is 14.1 Å². The number of nitrogens with zero attached hydrogens (tertiary/aromatic N) is 3. The molecule has 0 saturated heterocycles. The third-order valence-corrected chi connectivity index (χ3v) is 6.57. The summed E-state index contributed by atoms with van der Waals surface area (Å²) in [5.74, 6) is -0.0164. The molecule has 1 atom stereocenters. The average Bonchev–Trinajstić information content (AvgIpc) is 2.92. The lowest BCUT2D eigenvalue weighted by Crippen LogP contribution is -2.52. The lowest BCUT2D eigenvalue weighted by atomic mass is 9.95. The molecular formula is C17H21N3O4S. The summed E-state index contributed by atoms with van der Waals surface area (Å²) in [5.41, 5.74) is 2.20. The summed E-state index contributed by atoms with van der Waals surface area (Å²) >= 11 is 0. The molecule has 7 nitrogen and oxygen atoms in total. The zero-order chi connectivity index (χ0) is 18.4. The molecule has 0 N–H and O–H groups in total. The first-order chi connectivity index (χ1) is 11.7. The maximum absolute atomic E-state index is 13.3. The number of hydrogen-bond donors (Lipinski definition) is 0. The van der Waals surface area contributed by atoms with Crippen LogP contribution in [0.1, 0.15) is 22.6 Å². The molecule has 134 valence electrons. The van der Waals surface area contributed by atoms with Crippen molar-refractivity contribution in [3.63, 3.8) is 0 Å². The van der Waals surface area contributed by atoms with Crippen molar-refractivity contribution in [2.24, 2.45) is 0 Å². The van der Waals surface area contributed by atoms with E-state index >= 15 is 0 Å². The first kappa shape index (κ1) is 17.6. The Morgan fingerprint density at radius 3 is 2.44 bits per heavy atom. The third-order valence-electron chi connectivity index (χ3n) is 4.47. The minimum Gasteiger partial charge on any atom is -0.360 e. The van der Waals surface area contributed by atoms with Gasteiger partial charge in [-0.25, -0.2) is 8.42 Å². The maximum atomic E-state index is 13.3. The Morgan fingerprint density at radius 1 is 1.24 bits per heavy atom. The number of rotatable bonds is 3. The molecule has 2 aromatic rings. The van der Waals surface area contributed by atoms with Gasteiger partial charge in [0.2, 0.25) is 15.9 Å². The van der Waals surface area contributed by atoms with Gasteiger partial charge in [-0.2, -0.15) is 4.31 Å². The molecule has 3 rings (SSSR count). The Kier molecular flexibility index (Phi) is 4.42. The average molecular weight is 363 g/mol. The fraction of sp³-hybridized carbons (Fsp3) is 0.412. The van der Waals surface area contributed by atoms with Gasteiger partial charge in [0, 0.05) is 20.6 Å². The van der Waals surface area contributed by atoms with Gasteiger partial charge < -0.3 is 9.42 Å². The van der Waals surface area contributed by atoms with Crippen LogP contribution in [0.2, 0.25) is 0 Å². The monoisotopic (exact) mass is 363 g/mol. The number of sulfonamides is 1. The van der Waals surface area contributed by atoms with Crippen molar-refractivity contribution < 1.29 is 17.7 Å². The Balaban J connectivity index is 2.12. The number of benzene rings is 1. The minimum absolute atomic E-state index is 0.0448. The highest BCUT2D eigenvalue weighted by Gasteiger charge is 2.42. The number of aryl methyl sites for hydroxylation is 2. The first-order valence-corrected chi connectivity index (χ1v) is 9.40. The molecule has 1 aromatic carbocycles. The maximum Gasteiger partial charge on any atom is 0.249 e. The second-order valence-corrected chi connectivity index (χ2v) is 8.25. The van der Waals surface area contributed by atoms with Gasteiger partial charge in [-0.15, -0.1) is 0 Å². The number of carbonyl (C=O) groups excluding carboxylic acids is 1. The predicted octanol–water partition coefficient (Wildman–Crippen LogP) is 1.50. The fourth-order valence-corrected chi connectivity index (χ4v) is 5.07. The summed E-state index contributed by atoms with van der Waals surface area (Å²) in [6.45, 7) is 3.30. The van der Waals surface area contributed by atoms with E-state index in [-0.39, 0.29) is 23.1 Å². The Labute approximate surface area is 147 Å². The van der Waals surface area contributed by atoms with Crippen LogP contribution in [0.4, 0.5) is 0 Å². The molecule has 0 unspecified atom stereocenters. The molecule has 0 bridgehead atoms. The second kappa shape index (κ2) is 6.27. The van der Waals surface area contributed by atoms with Crippen LogP contribution in [-0.4, -0.2) is 48.8 Å². The summed E-state index contributed by atoms with van der Waals surface area (Å²) in [4.78, 5) is 14.2. The van der Waals surface area contributed by atoms with E-state index in [4.69, 9.17) is 4.52 Å². The third kappa shape index (κ3) is 2.96. The number of fused-ring (bicyclic) bond motifs is 1. The molecule has 1 aliphatic heterocycles. The number of aromatic nitrogens is 1. The Morgan fingerprint density at radius 2 is 1.88 bits per heavy atom. The van der Waals surface area contributed by atoms with Crippen molar-refractivity contribution in [2.45, 2.75) is 37.8 Å². The van der Waals surface area contributed by atoms with Crippen LogP contribution in [-0.2, 0) is 27.8 Å². The fourth-order valence-electron chi connectivity index (χ4n) is 3.22. The van der Waals surface area contributed by atoms with Gasteiger partial charge in [-0.05, 0) is 31.4 Å². The number of carbonyl (C=O) groups is 1. The van der Waals surface area contributed by atoms with Crippen LogP contribution in [0.3, 0.4) is 0 Å². The molecule has 1 aliphatic rings. The summed E-state index contributed by atoms with van der Waals surface area (Å²) in [7, 11) is -0.664.